The van der Waals surface area contributed by atoms with Crippen molar-refractivity contribution in [3.63, 3.8) is 0 Å². The number of benzene rings is 2. The number of carbonyl (C=O) groups is 1. The average molecular weight is 500 g/mol. The Labute approximate surface area is 195 Å². The molecule has 0 spiro atoms. The Hall–Kier alpha value is -2.64. The van der Waals surface area contributed by atoms with Gasteiger partial charge in [0.05, 0.1) is 30.2 Å². The number of ether oxygens (including phenoxy) is 2. The highest BCUT2D eigenvalue weighted by molar-refractivity contribution is 9.10. The van der Waals surface area contributed by atoms with Crippen LogP contribution in [0.15, 0.2) is 56.1 Å². The molecule has 2 aromatic carbocycles. The van der Waals surface area contributed by atoms with Crippen LogP contribution in [-0.4, -0.2) is 37.7 Å². The molecule has 1 aromatic heterocycles. The van der Waals surface area contributed by atoms with Gasteiger partial charge in [0.2, 0.25) is 5.76 Å². The number of amides is 1. The van der Waals surface area contributed by atoms with E-state index in [1.807, 2.05) is 24.3 Å². The number of rotatable bonds is 9. The molecule has 168 valence electrons. The molecule has 6 nitrogen and oxygen atoms in total. The largest absolute Gasteiger partial charge is 0.494 e. The zero-order valence-corrected chi connectivity index (χ0v) is 19.8. The Morgan fingerprint density at radius 1 is 1.06 bits per heavy atom. The standard InChI is InChI=1S/C25H26BrNO5/c1-3-4-5-13-31-18-9-6-16(7-10-18)22-21-23(28)19-15-17(26)8-11-20(19)32-24(21)25(29)27(22)12-14-30-2/h6-11,15,22H,3-5,12-14H2,1-2H3. The third-order valence-electron chi connectivity index (χ3n) is 5.68. The number of fused-ring (bicyclic) bond motifs is 2. The second-order valence-electron chi connectivity index (χ2n) is 7.83. The summed E-state index contributed by atoms with van der Waals surface area (Å²) in [4.78, 5) is 28.3. The first-order valence-corrected chi connectivity index (χ1v) is 11.6. The minimum atomic E-state index is -0.540. The van der Waals surface area contributed by atoms with E-state index in [0.29, 0.717) is 36.3 Å². The SMILES string of the molecule is CCCCCOc1ccc(C2c3c(oc4ccc(Br)cc4c3=O)C(=O)N2CCOC)cc1. The van der Waals surface area contributed by atoms with Gasteiger partial charge in [0.25, 0.3) is 5.91 Å². The van der Waals surface area contributed by atoms with Crippen molar-refractivity contribution in [1.29, 1.82) is 0 Å². The highest BCUT2D eigenvalue weighted by atomic mass is 79.9. The zero-order chi connectivity index (χ0) is 22.7. The second kappa shape index (κ2) is 9.88. The van der Waals surface area contributed by atoms with Crippen molar-refractivity contribution in [3.8, 4) is 5.75 Å². The molecule has 0 fully saturated rings. The normalized spacial score (nSPS) is 15.4. The molecule has 1 atom stereocenters. The van der Waals surface area contributed by atoms with Crippen LogP contribution in [0, 0.1) is 0 Å². The Bertz CT molecular complexity index is 1170. The van der Waals surface area contributed by atoms with Crippen LogP contribution >= 0.6 is 15.9 Å². The monoisotopic (exact) mass is 499 g/mol. The van der Waals surface area contributed by atoms with Crippen molar-refractivity contribution in [2.24, 2.45) is 0 Å². The molecule has 1 amide bonds. The summed E-state index contributed by atoms with van der Waals surface area (Å²) >= 11 is 3.42. The zero-order valence-electron chi connectivity index (χ0n) is 18.2. The molecule has 0 radical (unpaired) electrons. The molecule has 1 aliphatic rings. The van der Waals surface area contributed by atoms with Gasteiger partial charge in [-0.05, 0) is 42.3 Å². The lowest BCUT2D eigenvalue weighted by atomic mass is 9.98. The van der Waals surface area contributed by atoms with Crippen LogP contribution in [0.5, 0.6) is 5.75 Å². The maximum absolute atomic E-state index is 13.5. The molecular weight excluding hydrogens is 474 g/mol. The van der Waals surface area contributed by atoms with E-state index in [1.54, 1.807) is 30.2 Å². The first-order chi connectivity index (χ1) is 15.5. The van der Waals surface area contributed by atoms with E-state index >= 15 is 0 Å². The Morgan fingerprint density at radius 3 is 2.56 bits per heavy atom. The van der Waals surface area contributed by atoms with E-state index in [4.69, 9.17) is 13.9 Å². The predicted molar refractivity (Wildman–Crippen MR) is 126 cm³/mol. The third-order valence-corrected chi connectivity index (χ3v) is 6.17. The van der Waals surface area contributed by atoms with Gasteiger partial charge in [0, 0.05) is 18.1 Å². The van der Waals surface area contributed by atoms with Crippen molar-refractivity contribution in [3.05, 3.63) is 74.0 Å². The van der Waals surface area contributed by atoms with E-state index < -0.39 is 6.04 Å². The van der Waals surface area contributed by atoms with E-state index in [9.17, 15) is 9.59 Å². The first-order valence-electron chi connectivity index (χ1n) is 10.8. The minimum Gasteiger partial charge on any atom is -0.494 e. The average Bonchev–Trinajstić information content (AvgIpc) is 3.08. The van der Waals surface area contributed by atoms with Crippen LogP contribution in [0.3, 0.4) is 0 Å². The number of nitrogens with zero attached hydrogens (tertiary/aromatic N) is 1. The fourth-order valence-corrected chi connectivity index (χ4v) is 4.41. The molecule has 0 saturated carbocycles. The van der Waals surface area contributed by atoms with E-state index in [-0.39, 0.29) is 17.1 Å². The molecule has 3 aromatic rings. The van der Waals surface area contributed by atoms with Gasteiger partial charge in [0.15, 0.2) is 5.43 Å². The van der Waals surface area contributed by atoms with Gasteiger partial charge in [-0.3, -0.25) is 9.59 Å². The number of methoxy groups -OCH3 is 1. The number of carbonyl (C=O) groups excluding carboxylic acids is 1. The summed E-state index contributed by atoms with van der Waals surface area (Å²) in [5.74, 6) is 0.571. The molecule has 1 aliphatic heterocycles. The van der Waals surface area contributed by atoms with Gasteiger partial charge in [0.1, 0.15) is 11.3 Å². The van der Waals surface area contributed by atoms with Crippen LogP contribution in [0.1, 0.15) is 53.9 Å². The molecule has 0 bridgehead atoms. The molecule has 0 saturated heterocycles. The lowest BCUT2D eigenvalue weighted by Gasteiger charge is -2.25. The van der Waals surface area contributed by atoms with Crippen LogP contribution in [-0.2, 0) is 4.74 Å². The van der Waals surface area contributed by atoms with Gasteiger partial charge in [-0.2, -0.15) is 0 Å². The quantitative estimate of drug-likeness (QED) is 0.372. The summed E-state index contributed by atoms with van der Waals surface area (Å²) in [7, 11) is 1.59. The van der Waals surface area contributed by atoms with Crippen LogP contribution < -0.4 is 10.2 Å². The van der Waals surface area contributed by atoms with E-state index in [2.05, 4.69) is 22.9 Å². The van der Waals surface area contributed by atoms with E-state index in [0.717, 1.165) is 35.0 Å². The second-order valence-corrected chi connectivity index (χ2v) is 8.75. The van der Waals surface area contributed by atoms with Crippen molar-refractivity contribution < 1.29 is 18.7 Å². The lowest BCUT2D eigenvalue weighted by molar-refractivity contribution is 0.0663. The van der Waals surface area contributed by atoms with Crippen LogP contribution in [0.4, 0.5) is 0 Å². The number of hydrogen-bond acceptors (Lipinski definition) is 5. The van der Waals surface area contributed by atoms with Gasteiger partial charge < -0.3 is 18.8 Å². The Kier molecular flexibility index (Phi) is 6.96. The third kappa shape index (κ3) is 4.32. The number of halogens is 1. The molecule has 1 unspecified atom stereocenters. The fourth-order valence-electron chi connectivity index (χ4n) is 4.05. The molecule has 32 heavy (non-hydrogen) atoms. The Morgan fingerprint density at radius 2 is 1.84 bits per heavy atom. The smallest absolute Gasteiger partial charge is 0.290 e. The topological polar surface area (TPSA) is 69.0 Å². The molecule has 2 heterocycles. The highest BCUT2D eigenvalue weighted by Crippen LogP contribution is 2.38. The molecular formula is C25H26BrNO5. The summed E-state index contributed by atoms with van der Waals surface area (Å²) in [5.41, 5.74) is 1.40. The van der Waals surface area contributed by atoms with Gasteiger partial charge in [-0.15, -0.1) is 0 Å². The van der Waals surface area contributed by atoms with Crippen molar-refractivity contribution >= 4 is 32.8 Å². The maximum Gasteiger partial charge on any atom is 0.290 e. The van der Waals surface area contributed by atoms with Crippen LogP contribution in [0.2, 0.25) is 0 Å². The molecule has 7 heteroatoms. The van der Waals surface area contributed by atoms with Crippen LogP contribution in [0.25, 0.3) is 11.0 Å². The maximum atomic E-state index is 13.5. The predicted octanol–water partition coefficient (Wildman–Crippen LogP) is 5.32. The summed E-state index contributed by atoms with van der Waals surface area (Å²) in [5, 5.41) is 0.445. The van der Waals surface area contributed by atoms with Crippen molar-refractivity contribution in [2.75, 3.05) is 26.9 Å². The van der Waals surface area contributed by atoms with Gasteiger partial charge in [-0.1, -0.05) is 47.8 Å². The minimum absolute atomic E-state index is 0.103. The van der Waals surface area contributed by atoms with Crippen molar-refractivity contribution in [1.82, 2.24) is 4.90 Å². The summed E-state index contributed by atoms with van der Waals surface area (Å²) in [6, 6.07) is 12.3. The van der Waals surface area contributed by atoms with Gasteiger partial charge in [-0.25, -0.2) is 0 Å². The summed E-state index contributed by atoms with van der Waals surface area (Å²) in [6.07, 6.45) is 3.28. The highest BCUT2D eigenvalue weighted by Gasteiger charge is 2.42. The summed E-state index contributed by atoms with van der Waals surface area (Å²) < 4.78 is 17.7. The molecule has 4 rings (SSSR count). The molecule has 0 N–H and O–H groups in total. The summed E-state index contributed by atoms with van der Waals surface area (Å²) in [6.45, 7) is 3.53. The number of hydrogen-bond donors (Lipinski definition) is 0. The lowest BCUT2D eigenvalue weighted by Crippen LogP contribution is -2.32. The van der Waals surface area contributed by atoms with Gasteiger partial charge >= 0.3 is 0 Å². The Balaban J connectivity index is 1.74. The fraction of sp³-hybridized carbons (Fsp3) is 0.360. The first kappa shape index (κ1) is 22.6. The van der Waals surface area contributed by atoms with E-state index in [1.165, 1.54) is 0 Å². The molecule has 0 aliphatic carbocycles. The van der Waals surface area contributed by atoms with Crippen molar-refractivity contribution in [2.45, 2.75) is 32.2 Å². The number of unbranched alkanes of at least 4 members (excludes halogenated alkanes) is 2.